The highest BCUT2D eigenvalue weighted by atomic mass is 28.4. The highest BCUT2D eigenvalue weighted by Crippen LogP contribution is 2.74. The van der Waals surface area contributed by atoms with Crippen molar-refractivity contribution in [2.45, 2.75) is 110 Å². The van der Waals surface area contributed by atoms with Gasteiger partial charge in [0.15, 0.2) is 5.79 Å². The summed E-state index contributed by atoms with van der Waals surface area (Å²) in [5.74, 6) is 3.23. The standard InChI is InChI=1S/C25H42O3Si/c1-17-20-9-8-18-14-19-15-24(18,12-13-25(19)16-26-22(2,3)28-25)23(20,4)11-10-21(17)27-29(5,6)7/h18-20H,8-16H2,1-7H3/t18-,19+,20-,23-,24-,25-/m0/s1. The van der Waals surface area contributed by atoms with E-state index >= 15 is 0 Å². The van der Waals surface area contributed by atoms with E-state index in [1.165, 1.54) is 50.7 Å². The zero-order chi connectivity index (χ0) is 20.9. The molecule has 1 saturated heterocycles. The second kappa shape index (κ2) is 6.13. The lowest BCUT2D eigenvalue weighted by molar-refractivity contribution is -0.190. The molecule has 4 heteroatoms. The van der Waals surface area contributed by atoms with Gasteiger partial charge in [-0.15, -0.1) is 0 Å². The third-order valence-electron chi connectivity index (χ3n) is 9.79. The van der Waals surface area contributed by atoms with Crippen molar-refractivity contribution in [2.75, 3.05) is 6.61 Å². The highest BCUT2D eigenvalue weighted by molar-refractivity contribution is 6.70. The summed E-state index contributed by atoms with van der Waals surface area (Å²) < 4.78 is 19.3. The Morgan fingerprint density at radius 1 is 1.00 bits per heavy atom. The highest BCUT2D eigenvalue weighted by Gasteiger charge is 2.69. The summed E-state index contributed by atoms with van der Waals surface area (Å²) >= 11 is 0. The summed E-state index contributed by atoms with van der Waals surface area (Å²) in [6.07, 6.45) is 10.5. The minimum atomic E-state index is -1.54. The molecule has 0 aromatic carbocycles. The molecule has 1 heterocycles. The number of ether oxygens (including phenoxy) is 2. The third-order valence-corrected chi connectivity index (χ3v) is 10.6. The Kier molecular flexibility index (Phi) is 4.35. The number of allylic oxidation sites excluding steroid dienone is 2. The van der Waals surface area contributed by atoms with Gasteiger partial charge in [0.05, 0.1) is 18.0 Å². The van der Waals surface area contributed by atoms with Crippen molar-refractivity contribution in [3.63, 3.8) is 0 Å². The van der Waals surface area contributed by atoms with Crippen LogP contribution in [0.2, 0.25) is 19.6 Å². The van der Waals surface area contributed by atoms with Crippen molar-refractivity contribution in [3.8, 4) is 0 Å². The summed E-state index contributed by atoms with van der Waals surface area (Å²) in [4.78, 5) is 0. The molecular weight excluding hydrogens is 376 g/mol. The van der Waals surface area contributed by atoms with Gasteiger partial charge >= 0.3 is 0 Å². The quantitative estimate of drug-likeness (QED) is 0.470. The average Bonchev–Trinajstić information content (AvgIpc) is 3.11. The first-order chi connectivity index (χ1) is 13.4. The molecule has 0 aromatic heterocycles. The van der Waals surface area contributed by atoms with Gasteiger partial charge in [-0.3, -0.25) is 0 Å². The first-order valence-corrected chi connectivity index (χ1v) is 15.5. The molecule has 0 amide bonds. The van der Waals surface area contributed by atoms with Crippen molar-refractivity contribution < 1.29 is 13.9 Å². The van der Waals surface area contributed by atoms with E-state index in [0.717, 1.165) is 18.9 Å². The largest absolute Gasteiger partial charge is 0.547 e. The van der Waals surface area contributed by atoms with Crippen LogP contribution in [0, 0.1) is 28.6 Å². The Hall–Kier alpha value is -0.323. The van der Waals surface area contributed by atoms with Crippen molar-refractivity contribution in [3.05, 3.63) is 11.3 Å². The van der Waals surface area contributed by atoms with Crippen LogP contribution < -0.4 is 0 Å². The van der Waals surface area contributed by atoms with Crippen LogP contribution in [0.1, 0.15) is 79.1 Å². The van der Waals surface area contributed by atoms with Gasteiger partial charge in [0.2, 0.25) is 8.32 Å². The van der Waals surface area contributed by atoms with Crippen LogP contribution in [0.25, 0.3) is 0 Å². The first kappa shape index (κ1) is 20.6. The second-order valence-electron chi connectivity index (χ2n) is 12.7. The fraction of sp³-hybridized carbons (Fsp3) is 0.920. The Balaban J connectivity index is 1.46. The predicted octanol–water partition coefficient (Wildman–Crippen LogP) is 6.65. The van der Waals surface area contributed by atoms with Crippen LogP contribution in [0.5, 0.6) is 0 Å². The molecule has 6 atom stereocenters. The summed E-state index contributed by atoms with van der Waals surface area (Å²) in [5, 5.41) is 0. The molecule has 164 valence electrons. The van der Waals surface area contributed by atoms with Crippen molar-refractivity contribution in [2.24, 2.45) is 28.6 Å². The van der Waals surface area contributed by atoms with Crippen LogP contribution >= 0.6 is 0 Å². The lowest BCUT2D eigenvalue weighted by atomic mass is 9.43. The molecule has 2 bridgehead atoms. The minimum Gasteiger partial charge on any atom is -0.547 e. The summed E-state index contributed by atoms with van der Waals surface area (Å²) in [5.41, 5.74) is 2.52. The Labute approximate surface area is 179 Å². The lowest BCUT2D eigenvalue weighted by Crippen LogP contribution is -2.56. The SMILES string of the molecule is CC1=C(O[Si](C)(C)C)CC[C@@]2(C)[C@H]1CC[C@H]1C[C@@H]3C[C@@]12CC[C@]31COC(C)(C)O1. The van der Waals surface area contributed by atoms with Gasteiger partial charge in [-0.1, -0.05) is 6.92 Å². The molecule has 4 fully saturated rings. The van der Waals surface area contributed by atoms with Gasteiger partial charge in [0.25, 0.3) is 0 Å². The molecule has 5 rings (SSSR count). The molecule has 0 radical (unpaired) electrons. The molecule has 2 spiro atoms. The fourth-order valence-corrected chi connectivity index (χ4v) is 9.57. The van der Waals surface area contributed by atoms with Crippen molar-refractivity contribution in [1.29, 1.82) is 0 Å². The molecule has 5 aliphatic rings. The van der Waals surface area contributed by atoms with Gasteiger partial charge in [0.1, 0.15) is 0 Å². The monoisotopic (exact) mass is 418 g/mol. The zero-order valence-electron chi connectivity index (χ0n) is 19.8. The van der Waals surface area contributed by atoms with E-state index in [9.17, 15) is 0 Å². The minimum absolute atomic E-state index is 0.0103. The molecule has 0 aromatic rings. The predicted molar refractivity (Wildman–Crippen MR) is 119 cm³/mol. The molecule has 0 unspecified atom stereocenters. The Morgan fingerprint density at radius 2 is 1.76 bits per heavy atom. The van der Waals surface area contributed by atoms with E-state index in [4.69, 9.17) is 13.9 Å². The lowest BCUT2D eigenvalue weighted by Gasteiger charge is -2.62. The Bertz CT molecular complexity index is 737. The summed E-state index contributed by atoms with van der Waals surface area (Å²) in [6.45, 7) is 17.0. The molecule has 0 N–H and O–H groups in total. The van der Waals surface area contributed by atoms with E-state index < -0.39 is 14.1 Å². The van der Waals surface area contributed by atoms with Crippen molar-refractivity contribution in [1.82, 2.24) is 0 Å². The number of hydrogen-bond acceptors (Lipinski definition) is 3. The fourth-order valence-electron chi connectivity index (χ4n) is 8.57. The van der Waals surface area contributed by atoms with E-state index in [1.54, 1.807) is 5.57 Å². The van der Waals surface area contributed by atoms with Crippen LogP contribution in [0.4, 0.5) is 0 Å². The molecule has 3 saturated carbocycles. The van der Waals surface area contributed by atoms with Crippen LogP contribution in [-0.4, -0.2) is 26.3 Å². The summed E-state index contributed by atoms with van der Waals surface area (Å²) in [6, 6.07) is 0. The van der Waals surface area contributed by atoms with Crippen LogP contribution in [-0.2, 0) is 13.9 Å². The van der Waals surface area contributed by atoms with E-state index in [1.807, 2.05) is 0 Å². The molecule has 4 aliphatic carbocycles. The summed E-state index contributed by atoms with van der Waals surface area (Å²) in [7, 11) is -1.54. The second-order valence-corrected chi connectivity index (χ2v) is 17.1. The molecule has 29 heavy (non-hydrogen) atoms. The normalized spacial score (nSPS) is 48.6. The van der Waals surface area contributed by atoms with Gasteiger partial charge in [-0.25, -0.2) is 0 Å². The maximum absolute atomic E-state index is 6.63. The smallest absolute Gasteiger partial charge is 0.241 e. The van der Waals surface area contributed by atoms with Gasteiger partial charge in [-0.2, -0.15) is 0 Å². The van der Waals surface area contributed by atoms with Gasteiger partial charge in [0, 0.05) is 6.42 Å². The maximum atomic E-state index is 6.63. The number of fused-ring (bicyclic) bond motifs is 3. The first-order valence-electron chi connectivity index (χ1n) is 12.1. The number of rotatable bonds is 2. The average molecular weight is 419 g/mol. The number of hydrogen-bond donors (Lipinski definition) is 0. The topological polar surface area (TPSA) is 27.7 Å². The van der Waals surface area contributed by atoms with Crippen molar-refractivity contribution >= 4 is 8.32 Å². The Morgan fingerprint density at radius 3 is 2.41 bits per heavy atom. The molecule has 3 nitrogen and oxygen atoms in total. The van der Waals surface area contributed by atoms with Crippen LogP contribution in [0.3, 0.4) is 0 Å². The van der Waals surface area contributed by atoms with Gasteiger partial charge in [-0.05, 0) is 120 Å². The van der Waals surface area contributed by atoms with Crippen LogP contribution in [0.15, 0.2) is 11.3 Å². The van der Waals surface area contributed by atoms with E-state index in [2.05, 4.69) is 47.3 Å². The zero-order valence-corrected chi connectivity index (χ0v) is 20.8. The van der Waals surface area contributed by atoms with E-state index in [0.29, 0.717) is 22.7 Å². The van der Waals surface area contributed by atoms with E-state index in [-0.39, 0.29) is 5.60 Å². The third kappa shape index (κ3) is 2.87. The molecule has 1 aliphatic heterocycles. The van der Waals surface area contributed by atoms with Gasteiger partial charge < -0.3 is 13.9 Å². The maximum Gasteiger partial charge on any atom is 0.241 e. The molecular formula is C25H42O3Si.